The molecule has 1 unspecified atom stereocenters. The third kappa shape index (κ3) is 3.11. The molecule has 2 rings (SSSR count). The van der Waals surface area contributed by atoms with Crippen molar-refractivity contribution in [2.75, 3.05) is 0 Å². The Bertz CT molecular complexity index is 479. The lowest BCUT2D eigenvalue weighted by atomic mass is 10.1. The molecule has 17 heavy (non-hydrogen) atoms. The lowest BCUT2D eigenvalue weighted by Crippen LogP contribution is -2.18. The first kappa shape index (κ1) is 12.2. The number of nitrogens with zero attached hydrogens (tertiary/aromatic N) is 2. The minimum absolute atomic E-state index is 0.349. The third-order valence-electron chi connectivity index (χ3n) is 2.75. The molecule has 0 saturated carbocycles. The van der Waals surface area contributed by atoms with Crippen LogP contribution in [0.3, 0.4) is 0 Å². The summed E-state index contributed by atoms with van der Waals surface area (Å²) in [5, 5.41) is 3.47. The van der Waals surface area contributed by atoms with Gasteiger partial charge in [0.1, 0.15) is 0 Å². The Morgan fingerprint density at radius 2 is 2.18 bits per heavy atom. The van der Waals surface area contributed by atoms with Crippen LogP contribution in [0.4, 0.5) is 0 Å². The molecule has 2 aromatic rings. The number of hydrogen-bond acceptors (Lipinski definition) is 4. The van der Waals surface area contributed by atoms with E-state index in [0.29, 0.717) is 6.04 Å². The largest absolute Gasteiger partial charge is 0.304 e. The second-order valence-electron chi connectivity index (χ2n) is 4.17. The zero-order chi connectivity index (χ0) is 12.3. The summed E-state index contributed by atoms with van der Waals surface area (Å²) >= 11 is 1.85. The van der Waals surface area contributed by atoms with Gasteiger partial charge in [0.2, 0.25) is 0 Å². The molecule has 0 amide bonds. The number of thiophene rings is 1. The van der Waals surface area contributed by atoms with Crippen LogP contribution in [0.5, 0.6) is 0 Å². The fourth-order valence-electron chi connectivity index (χ4n) is 1.87. The van der Waals surface area contributed by atoms with E-state index in [1.807, 2.05) is 11.3 Å². The van der Waals surface area contributed by atoms with E-state index in [-0.39, 0.29) is 0 Å². The summed E-state index contributed by atoms with van der Waals surface area (Å²) in [7, 11) is 0. The summed E-state index contributed by atoms with van der Waals surface area (Å²) < 4.78 is 0. The second kappa shape index (κ2) is 5.38. The molecule has 0 aromatic carbocycles. The molecule has 90 valence electrons. The molecule has 0 bridgehead atoms. The molecule has 3 nitrogen and oxygen atoms in total. The maximum Gasteiger partial charge on any atom is 0.0724 e. The van der Waals surface area contributed by atoms with Crippen LogP contribution in [0, 0.1) is 13.8 Å². The highest BCUT2D eigenvalue weighted by Gasteiger charge is 2.10. The van der Waals surface area contributed by atoms with Crippen molar-refractivity contribution in [2.24, 2.45) is 0 Å². The summed E-state index contributed by atoms with van der Waals surface area (Å²) in [6.45, 7) is 7.26. The third-order valence-corrected chi connectivity index (χ3v) is 3.73. The molecule has 0 aliphatic carbocycles. The first-order valence-electron chi connectivity index (χ1n) is 5.72. The van der Waals surface area contributed by atoms with Crippen LogP contribution in [0.2, 0.25) is 0 Å². The Morgan fingerprint density at radius 1 is 1.35 bits per heavy atom. The quantitative estimate of drug-likeness (QED) is 0.902. The average Bonchev–Trinajstić information content (AvgIpc) is 2.67. The molecule has 0 saturated heterocycles. The highest BCUT2D eigenvalue weighted by atomic mass is 32.1. The summed E-state index contributed by atoms with van der Waals surface area (Å²) in [6.07, 6.45) is 5.21. The van der Waals surface area contributed by atoms with Crippen LogP contribution in [0.1, 0.15) is 34.0 Å². The van der Waals surface area contributed by atoms with Crippen molar-refractivity contribution in [3.05, 3.63) is 45.7 Å². The van der Waals surface area contributed by atoms with E-state index < -0.39 is 0 Å². The zero-order valence-electron chi connectivity index (χ0n) is 10.4. The van der Waals surface area contributed by atoms with Gasteiger partial charge in [-0.15, -0.1) is 11.3 Å². The van der Waals surface area contributed by atoms with E-state index in [4.69, 9.17) is 0 Å². The van der Waals surface area contributed by atoms with Gasteiger partial charge in [0.25, 0.3) is 0 Å². The Morgan fingerprint density at radius 3 is 2.76 bits per heavy atom. The maximum absolute atomic E-state index is 4.25. The molecule has 0 aliphatic heterocycles. The van der Waals surface area contributed by atoms with Gasteiger partial charge in [-0.1, -0.05) is 0 Å². The normalized spacial score (nSPS) is 12.6. The molecule has 2 aromatic heterocycles. The molecule has 1 N–H and O–H groups in total. The second-order valence-corrected chi connectivity index (χ2v) is 5.63. The first-order valence-corrected chi connectivity index (χ1v) is 6.53. The minimum atomic E-state index is 0.349. The summed E-state index contributed by atoms with van der Waals surface area (Å²) in [6, 6.07) is 2.61. The predicted molar refractivity (Wildman–Crippen MR) is 71.1 cm³/mol. The van der Waals surface area contributed by atoms with Crippen molar-refractivity contribution in [2.45, 2.75) is 33.4 Å². The molecule has 0 radical (unpaired) electrons. The molecule has 0 aliphatic rings. The number of aryl methyl sites for hydroxylation is 2. The van der Waals surface area contributed by atoms with Gasteiger partial charge in [-0.2, -0.15) is 0 Å². The standard InChI is InChI=1S/C13H17N3S/c1-9-6-13(11(3)17-9)10(2)16-8-12-7-14-4-5-15-12/h4-7,10,16H,8H2,1-3H3. The van der Waals surface area contributed by atoms with E-state index in [1.165, 1.54) is 15.3 Å². The van der Waals surface area contributed by atoms with Crippen molar-refractivity contribution in [3.8, 4) is 0 Å². The van der Waals surface area contributed by atoms with E-state index in [1.54, 1.807) is 18.6 Å². The van der Waals surface area contributed by atoms with Crippen LogP contribution >= 0.6 is 11.3 Å². The van der Waals surface area contributed by atoms with E-state index >= 15 is 0 Å². The molecule has 2 heterocycles. The number of hydrogen-bond donors (Lipinski definition) is 1. The van der Waals surface area contributed by atoms with Gasteiger partial charge in [0.05, 0.1) is 5.69 Å². The van der Waals surface area contributed by atoms with Gasteiger partial charge in [-0.3, -0.25) is 9.97 Å². The van der Waals surface area contributed by atoms with Gasteiger partial charge in [0.15, 0.2) is 0 Å². The van der Waals surface area contributed by atoms with Crippen LogP contribution in [-0.2, 0) is 6.54 Å². The first-order chi connectivity index (χ1) is 8.16. The Labute approximate surface area is 106 Å². The van der Waals surface area contributed by atoms with Gasteiger partial charge < -0.3 is 5.32 Å². The zero-order valence-corrected chi connectivity index (χ0v) is 11.2. The van der Waals surface area contributed by atoms with Gasteiger partial charge >= 0.3 is 0 Å². The molecule has 1 atom stereocenters. The van der Waals surface area contributed by atoms with Gasteiger partial charge in [-0.25, -0.2) is 0 Å². The van der Waals surface area contributed by atoms with E-state index in [2.05, 4.69) is 42.1 Å². The van der Waals surface area contributed by atoms with E-state index in [9.17, 15) is 0 Å². The molecular formula is C13H17N3S. The lowest BCUT2D eigenvalue weighted by Gasteiger charge is -2.13. The Balaban J connectivity index is 1.98. The van der Waals surface area contributed by atoms with Crippen molar-refractivity contribution >= 4 is 11.3 Å². The van der Waals surface area contributed by atoms with Crippen LogP contribution < -0.4 is 5.32 Å². The number of nitrogens with one attached hydrogen (secondary N) is 1. The summed E-state index contributed by atoms with van der Waals surface area (Å²) in [5.74, 6) is 0. The SMILES string of the molecule is Cc1cc(C(C)NCc2cnccn2)c(C)s1. The molecule has 4 heteroatoms. The van der Waals surface area contributed by atoms with Gasteiger partial charge in [0, 0.05) is 40.9 Å². The molecule has 0 fully saturated rings. The van der Waals surface area contributed by atoms with Gasteiger partial charge in [-0.05, 0) is 32.4 Å². The predicted octanol–water partition coefficient (Wildman–Crippen LogP) is 3.01. The van der Waals surface area contributed by atoms with Crippen molar-refractivity contribution in [1.82, 2.24) is 15.3 Å². The fraction of sp³-hybridized carbons (Fsp3) is 0.385. The molecule has 0 spiro atoms. The fourth-order valence-corrected chi connectivity index (χ4v) is 2.89. The number of rotatable bonds is 4. The maximum atomic E-state index is 4.25. The lowest BCUT2D eigenvalue weighted by molar-refractivity contribution is 0.566. The molecular weight excluding hydrogens is 230 g/mol. The Hall–Kier alpha value is -1.26. The smallest absolute Gasteiger partial charge is 0.0724 e. The number of aromatic nitrogens is 2. The topological polar surface area (TPSA) is 37.8 Å². The minimum Gasteiger partial charge on any atom is -0.304 e. The Kier molecular flexibility index (Phi) is 3.86. The summed E-state index contributed by atoms with van der Waals surface area (Å²) in [5.41, 5.74) is 2.36. The van der Waals surface area contributed by atoms with Crippen LogP contribution in [-0.4, -0.2) is 9.97 Å². The highest BCUT2D eigenvalue weighted by Crippen LogP contribution is 2.26. The van der Waals surface area contributed by atoms with Crippen molar-refractivity contribution in [1.29, 1.82) is 0 Å². The van der Waals surface area contributed by atoms with Crippen molar-refractivity contribution < 1.29 is 0 Å². The monoisotopic (exact) mass is 247 g/mol. The van der Waals surface area contributed by atoms with Crippen LogP contribution in [0.15, 0.2) is 24.7 Å². The van der Waals surface area contributed by atoms with Crippen LogP contribution in [0.25, 0.3) is 0 Å². The van der Waals surface area contributed by atoms with Crippen molar-refractivity contribution in [3.63, 3.8) is 0 Å². The average molecular weight is 247 g/mol. The summed E-state index contributed by atoms with van der Waals surface area (Å²) in [4.78, 5) is 11.1. The van der Waals surface area contributed by atoms with E-state index in [0.717, 1.165) is 12.2 Å². The highest BCUT2D eigenvalue weighted by molar-refractivity contribution is 7.12.